The van der Waals surface area contributed by atoms with Crippen molar-refractivity contribution in [3.8, 4) is 0 Å². The predicted octanol–water partition coefficient (Wildman–Crippen LogP) is 6.55. The van der Waals surface area contributed by atoms with Crippen LogP contribution < -0.4 is 0 Å². The fourth-order valence-electron chi connectivity index (χ4n) is 4.04. The number of esters is 2. The Bertz CT molecular complexity index is 1280. The van der Waals surface area contributed by atoms with Gasteiger partial charge in [-0.15, -0.1) is 0 Å². The van der Waals surface area contributed by atoms with Gasteiger partial charge < -0.3 is 9.47 Å². The average Bonchev–Trinajstić information content (AvgIpc) is 2.83. The van der Waals surface area contributed by atoms with E-state index in [9.17, 15) is 44.7 Å². The van der Waals surface area contributed by atoms with E-state index < -0.39 is 70.4 Å². The zero-order valence-electron chi connectivity index (χ0n) is 19.0. The summed E-state index contributed by atoms with van der Waals surface area (Å²) in [7, 11) is 0. The first kappa shape index (κ1) is 27.1. The molecular weight excluding hydrogens is 528 g/mol. The van der Waals surface area contributed by atoms with Gasteiger partial charge in [-0.05, 0) is 47.5 Å². The molecular formula is C26H16F8O4. The van der Waals surface area contributed by atoms with Crippen molar-refractivity contribution < 1.29 is 54.2 Å². The van der Waals surface area contributed by atoms with Gasteiger partial charge in [0.2, 0.25) is 0 Å². The average molecular weight is 544 g/mol. The number of rotatable bonds is 4. The molecule has 0 saturated carbocycles. The summed E-state index contributed by atoms with van der Waals surface area (Å²) in [4.78, 5) is 25.4. The van der Waals surface area contributed by atoms with Gasteiger partial charge in [-0.25, -0.2) is 18.4 Å². The molecule has 4 rings (SSSR count). The summed E-state index contributed by atoms with van der Waals surface area (Å²) in [6.45, 7) is 0. The number of alkyl halides is 6. The van der Waals surface area contributed by atoms with Gasteiger partial charge in [-0.2, -0.15) is 26.3 Å². The molecule has 200 valence electrons. The zero-order valence-corrected chi connectivity index (χ0v) is 19.0. The van der Waals surface area contributed by atoms with Crippen LogP contribution in [-0.4, -0.2) is 24.1 Å². The van der Waals surface area contributed by atoms with Gasteiger partial charge in [-0.1, -0.05) is 24.3 Å². The zero-order chi connectivity index (χ0) is 27.8. The molecule has 1 aliphatic carbocycles. The summed E-state index contributed by atoms with van der Waals surface area (Å²) >= 11 is 0. The van der Waals surface area contributed by atoms with E-state index in [0.29, 0.717) is 23.3 Å². The van der Waals surface area contributed by atoms with Gasteiger partial charge in [0.25, 0.3) is 0 Å². The molecule has 0 amide bonds. The highest BCUT2D eigenvalue weighted by Gasteiger charge is 2.38. The molecule has 0 aromatic heterocycles. The van der Waals surface area contributed by atoms with Crippen molar-refractivity contribution in [3.05, 3.63) is 106 Å². The van der Waals surface area contributed by atoms with Crippen molar-refractivity contribution in [1.82, 2.24) is 0 Å². The number of hydrogen-bond acceptors (Lipinski definition) is 4. The van der Waals surface area contributed by atoms with E-state index in [-0.39, 0.29) is 25.0 Å². The van der Waals surface area contributed by atoms with Crippen LogP contribution in [-0.2, 0) is 34.7 Å². The van der Waals surface area contributed by atoms with Gasteiger partial charge in [0.05, 0.1) is 22.3 Å². The molecule has 0 saturated heterocycles. The van der Waals surface area contributed by atoms with Crippen LogP contribution in [0.15, 0.2) is 60.7 Å². The Morgan fingerprint density at radius 3 is 1.34 bits per heavy atom. The minimum absolute atomic E-state index is 0.0373. The van der Waals surface area contributed by atoms with Crippen molar-refractivity contribution in [2.45, 2.75) is 37.4 Å². The van der Waals surface area contributed by atoms with Crippen LogP contribution in [0, 0.1) is 11.6 Å². The lowest BCUT2D eigenvalue weighted by molar-refractivity contribution is -0.140. The molecule has 0 spiro atoms. The standard InChI is InChI=1S/C26H16F8O4/c27-19-7-5-15(9-17(19)25(29,30)31)23(35)37-21-11-13-3-1-2-4-14(13)12-22(21)38-24(36)16-6-8-20(28)18(10-16)26(32,33)34/h1-10,21-22H,11-12H2/t21-,22+. The first-order valence-corrected chi connectivity index (χ1v) is 11.0. The van der Waals surface area contributed by atoms with Crippen LogP contribution in [0.2, 0.25) is 0 Å². The first-order chi connectivity index (χ1) is 17.7. The van der Waals surface area contributed by atoms with Gasteiger partial charge in [0.1, 0.15) is 23.8 Å². The Kier molecular flexibility index (Phi) is 7.18. The van der Waals surface area contributed by atoms with Crippen molar-refractivity contribution in [3.63, 3.8) is 0 Å². The topological polar surface area (TPSA) is 52.6 Å². The summed E-state index contributed by atoms with van der Waals surface area (Å²) in [6.07, 6.45) is -12.7. The molecule has 0 heterocycles. The molecule has 38 heavy (non-hydrogen) atoms. The summed E-state index contributed by atoms with van der Waals surface area (Å²) < 4.78 is 116. The number of ether oxygens (including phenoxy) is 2. The summed E-state index contributed by atoms with van der Waals surface area (Å²) in [5, 5.41) is 0. The Labute approximate surface area is 209 Å². The minimum Gasteiger partial charge on any atom is -0.454 e. The second-order valence-corrected chi connectivity index (χ2v) is 8.45. The highest BCUT2D eigenvalue weighted by atomic mass is 19.4. The Morgan fingerprint density at radius 2 is 1.00 bits per heavy atom. The van der Waals surface area contributed by atoms with Crippen LogP contribution in [0.1, 0.15) is 43.0 Å². The molecule has 2 atom stereocenters. The molecule has 12 heteroatoms. The lowest BCUT2D eigenvalue weighted by atomic mass is 9.87. The Balaban J connectivity index is 1.60. The first-order valence-electron chi connectivity index (χ1n) is 11.0. The van der Waals surface area contributed by atoms with E-state index in [1.807, 2.05) is 0 Å². The van der Waals surface area contributed by atoms with E-state index in [0.717, 1.165) is 12.1 Å². The highest BCUT2D eigenvalue weighted by molar-refractivity contribution is 5.91. The number of carbonyl (C=O) groups excluding carboxylic acids is 2. The van der Waals surface area contributed by atoms with Crippen LogP contribution in [0.4, 0.5) is 35.1 Å². The molecule has 4 nitrogen and oxygen atoms in total. The maximum atomic E-state index is 13.6. The lowest BCUT2D eigenvalue weighted by Crippen LogP contribution is -2.41. The van der Waals surface area contributed by atoms with Crippen LogP contribution in [0.25, 0.3) is 0 Å². The SMILES string of the molecule is O=C(O[C@H]1Cc2ccccc2C[C@H]1OC(=O)c1ccc(F)c(C(F)(F)F)c1)c1ccc(F)c(C(F)(F)F)c1. The second-order valence-electron chi connectivity index (χ2n) is 8.45. The number of halogens is 8. The number of benzene rings is 3. The normalized spacial score (nSPS) is 17.5. The van der Waals surface area contributed by atoms with Gasteiger partial charge in [-0.3, -0.25) is 0 Å². The van der Waals surface area contributed by atoms with Gasteiger partial charge in [0.15, 0.2) is 0 Å². The summed E-state index contributed by atoms with van der Waals surface area (Å²) in [5.41, 5.74) is -3.24. The number of hydrogen-bond donors (Lipinski definition) is 0. The largest absolute Gasteiger partial charge is 0.454 e. The predicted molar refractivity (Wildman–Crippen MR) is 115 cm³/mol. The third-order valence-corrected chi connectivity index (χ3v) is 5.91. The Morgan fingerprint density at radius 1 is 0.632 bits per heavy atom. The van der Waals surface area contributed by atoms with Crippen molar-refractivity contribution >= 4 is 11.9 Å². The van der Waals surface area contributed by atoms with Gasteiger partial charge in [0, 0.05) is 12.8 Å². The molecule has 1 aliphatic rings. The fourth-order valence-corrected chi connectivity index (χ4v) is 4.04. The molecule has 0 bridgehead atoms. The second kappa shape index (κ2) is 10.1. The fraction of sp³-hybridized carbons (Fsp3) is 0.231. The van der Waals surface area contributed by atoms with E-state index >= 15 is 0 Å². The lowest BCUT2D eigenvalue weighted by Gasteiger charge is -2.32. The molecule has 0 unspecified atom stereocenters. The maximum absolute atomic E-state index is 13.6. The Hall–Kier alpha value is -3.96. The quantitative estimate of drug-likeness (QED) is 0.276. The number of carbonyl (C=O) groups is 2. The van der Waals surface area contributed by atoms with Crippen LogP contribution in [0.5, 0.6) is 0 Å². The monoisotopic (exact) mass is 544 g/mol. The van der Waals surface area contributed by atoms with E-state index in [2.05, 4.69) is 0 Å². The van der Waals surface area contributed by atoms with E-state index in [4.69, 9.17) is 9.47 Å². The molecule has 0 N–H and O–H groups in total. The van der Waals surface area contributed by atoms with Crippen molar-refractivity contribution in [2.24, 2.45) is 0 Å². The van der Waals surface area contributed by atoms with Crippen molar-refractivity contribution in [2.75, 3.05) is 0 Å². The third-order valence-electron chi connectivity index (χ3n) is 5.91. The van der Waals surface area contributed by atoms with Crippen LogP contribution >= 0.6 is 0 Å². The van der Waals surface area contributed by atoms with E-state index in [1.54, 1.807) is 24.3 Å². The number of fused-ring (bicyclic) bond motifs is 1. The summed E-state index contributed by atoms with van der Waals surface area (Å²) in [6, 6.07) is 9.79. The molecule has 0 fully saturated rings. The highest BCUT2D eigenvalue weighted by Crippen LogP contribution is 2.34. The summed E-state index contributed by atoms with van der Waals surface area (Å²) in [5.74, 6) is -5.71. The molecule has 3 aromatic rings. The smallest absolute Gasteiger partial charge is 0.419 e. The van der Waals surface area contributed by atoms with Crippen LogP contribution in [0.3, 0.4) is 0 Å². The molecule has 3 aromatic carbocycles. The molecule has 0 aliphatic heterocycles. The minimum atomic E-state index is -5.08. The van der Waals surface area contributed by atoms with Crippen molar-refractivity contribution in [1.29, 1.82) is 0 Å². The maximum Gasteiger partial charge on any atom is 0.419 e. The van der Waals surface area contributed by atoms with E-state index in [1.165, 1.54) is 0 Å². The van der Waals surface area contributed by atoms with Gasteiger partial charge >= 0.3 is 24.3 Å². The molecule has 0 radical (unpaired) electrons. The third kappa shape index (κ3) is 5.79.